The molecular weight excluding hydrogens is 496 g/mol. The van der Waals surface area contributed by atoms with Crippen molar-refractivity contribution in [2.75, 3.05) is 7.11 Å². The number of hydrogen-bond acceptors (Lipinski definition) is 6. The van der Waals surface area contributed by atoms with Crippen molar-refractivity contribution in [3.05, 3.63) is 27.7 Å². The molecule has 1 aromatic rings. The highest BCUT2D eigenvalue weighted by Crippen LogP contribution is 2.60. The van der Waals surface area contributed by atoms with Gasteiger partial charge in [-0.1, -0.05) is 0 Å². The first-order valence-electron chi connectivity index (χ1n) is 10.7. The van der Waals surface area contributed by atoms with Gasteiger partial charge in [-0.25, -0.2) is 0 Å². The Kier molecular flexibility index (Phi) is 5.36. The maximum Gasteiger partial charge on any atom is 0.317 e. The molecule has 5 aliphatic rings. The van der Waals surface area contributed by atoms with Crippen LogP contribution in [0.4, 0.5) is 0 Å². The number of benzene rings is 1. The zero-order valence-electron chi connectivity index (χ0n) is 17.5. The summed E-state index contributed by atoms with van der Waals surface area (Å²) in [4.78, 5) is 37.7. The third-order valence-corrected chi connectivity index (χ3v) is 7.97. The number of carbonyl (C=O) groups is 3. The van der Waals surface area contributed by atoms with Gasteiger partial charge in [0, 0.05) is 0 Å². The fraction of sp³-hybridized carbons (Fsp3) is 0.478. The van der Waals surface area contributed by atoms with Gasteiger partial charge in [-0.05, 0) is 108 Å². The highest BCUT2D eigenvalue weighted by Gasteiger charge is 2.55. The minimum Gasteiger partial charge on any atom is -0.493 e. The van der Waals surface area contributed by atoms with Crippen molar-refractivity contribution < 1.29 is 23.9 Å². The van der Waals surface area contributed by atoms with Gasteiger partial charge in [0.25, 0.3) is 11.8 Å². The highest BCUT2D eigenvalue weighted by atomic mass is 79.9. The smallest absolute Gasteiger partial charge is 0.317 e. The summed E-state index contributed by atoms with van der Waals surface area (Å²) in [5, 5.41) is 4.78. The Labute approximate surface area is 199 Å². The van der Waals surface area contributed by atoms with E-state index in [0.29, 0.717) is 39.3 Å². The fourth-order valence-corrected chi connectivity index (χ4v) is 6.98. The third-order valence-electron chi connectivity index (χ3n) is 7.17. The maximum atomic E-state index is 13.4. The molecule has 0 unspecified atom stereocenters. The predicted octanol–water partition coefficient (Wildman–Crippen LogP) is 3.49. The van der Waals surface area contributed by atoms with Crippen LogP contribution in [0.15, 0.2) is 22.2 Å². The Morgan fingerprint density at radius 1 is 1.09 bits per heavy atom. The van der Waals surface area contributed by atoms with Gasteiger partial charge in [0.05, 0.1) is 17.0 Å². The van der Waals surface area contributed by atoms with Crippen LogP contribution in [0.3, 0.4) is 0 Å². The molecule has 5 fully saturated rings. The number of ether oxygens (including phenoxy) is 2. The summed E-state index contributed by atoms with van der Waals surface area (Å²) in [6, 6.07) is 3.32. The SMILES string of the molecule is COc1cc(C=C2C(=O)NC(=S)NC2=O)cc(Br)c1OC(=O)C12CC3CC(CC(C3)C1)C2. The first kappa shape index (κ1) is 21.6. The van der Waals surface area contributed by atoms with E-state index in [2.05, 4.69) is 26.6 Å². The molecule has 0 spiro atoms. The number of esters is 1. The molecule has 32 heavy (non-hydrogen) atoms. The molecule has 0 radical (unpaired) electrons. The summed E-state index contributed by atoms with van der Waals surface area (Å²) < 4.78 is 11.9. The van der Waals surface area contributed by atoms with Crippen molar-refractivity contribution in [3.63, 3.8) is 0 Å². The van der Waals surface area contributed by atoms with Crippen LogP contribution in [-0.2, 0) is 14.4 Å². The number of amides is 2. The second-order valence-corrected chi connectivity index (χ2v) is 10.7. The first-order valence-corrected chi connectivity index (χ1v) is 11.9. The summed E-state index contributed by atoms with van der Waals surface area (Å²) in [5.41, 5.74) is 0.0682. The van der Waals surface area contributed by atoms with Crippen LogP contribution in [0.5, 0.6) is 11.5 Å². The molecule has 2 N–H and O–H groups in total. The normalized spacial score (nSPS) is 30.6. The van der Waals surface area contributed by atoms with Crippen molar-refractivity contribution >= 4 is 57.1 Å². The average Bonchev–Trinajstić information content (AvgIpc) is 2.71. The Bertz CT molecular complexity index is 1030. The van der Waals surface area contributed by atoms with Gasteiger partial charge >= 0.3 is 5.97 Å². The summed E-state index contributed by atoms with van der Waals surface area (Å²) >= 11 is 8.30. The fourth-order valence-electron chi connectivity index (χ4n) is 6.26. The van der Waals surface area contributed by atoms with Gasteiger partial charge < -0.3 is 9.47 Å². The van der Waals surface area contributed by atoms with E-state index in [0.717, 1.165) is 19.3 Å². The Balaban J connectivity index is 1.41. The molecule has 1 aromatic carbocycles. The molecule has 4 aliphatic carbocycles. The molecule has 0 atom stereocenters. The van der Waals surface area contributed by atoms with E-state index in [1.165, 1.54) is 32.4 Å². The Hall–Kier alpha value is -2.26. The van der Waals surface area contributed by atoms with Crippen LogP contribution < -0.4 is 20.1 Å². The van der Waals surface area contributed by atoms with Gasteiger partial charge in [-0.2, -0.15) is 0 Å². The van der Waals surface area contributed by atoms with Crippen LogP contribution >= 0.6 is 28.1 Å². The molecule has 1 heterocycles. The molecule has 0 aromatic heterocycles. The summed E-state index contributed by atoms with van der Waals surface area (Å²) in [6.07, 6.45) is 7.90. The van der Waals surface area contributed by atoms with E-state index in [-0.39, 0.29) is 16.7 Å². The number of hydrogen-bond donors (Lipinski definition) is 2. The summed E-state index contributed by atoms with van der Waals surface area (Å²) in [7, 11) is 1.49. The van der Waals surface area contributed by atoms with Gasteiger partial charge in [0.15, 0.2) is 16.6 Å². The lowest BCUT2D eigenvalue weighted by Crippen LogP contribution is -2.51. The number of halogens is 1. The van der Waals surface area contributed by atoms with E-state index < -0.39 is 17.2 Å². The topological polar surface area (TPSA) is 93.7 Å². The summed E-state index contributed by atoms with van der Waals surface area (Å²) in [5.74, 6) is 1.22. The second kappa shape index (κ2) is 7.95. The van der Waals surface area contributed by atoms with Gasteiger partial charge in [-0.15, -0.1) is 0 Å². The standard InChI is InChI=1S/C23H23BrN2O5S/c1-30-17-7-11(5-15-19(27)25-22(32)26-20(15)28)6-16(24)18(17)31-21(29)23-8-12-2-13(9-23)4-14(3-12)10-23/h5-7,12-14H,2-4,8-10H2,1H3,(H2,25,26,27,28,32). The monoisotopic (exact) mass is 518 g/mol. The number of methoxy groups -OCH3 is 1. The first-order chi connectivity index (χ1) is 15.3. The van der Waals surface area contributed by atoms with E-state index in [1.54, 1.807) is 12.1 Å². The molecule has 4 bridgehead atoms. The van der Waals surface area contributed by atoms with Crippen molar-refractivity contribution in [3.8, 4) is 11.5 Å². The van der Waals surface area contributed by atoms with E-state index in [9.17, 15) is 14.4 Å². The van der Waals surface area contributed by atoms with Crippen LogP contribution in [0.25, 0.3) is 6.08 Å². The molecule has 9 heteroatoms. The molecule has 2 amide bonds. The minimum absolute atomic E-state index is 0.0251. The Morgan fingerprint density at radius 3 is 2.19 bits per heavy atom. The minimum atomic E-state index is -0.578. The lowest BCUT2D eigenvalue weighted by molar-refractivity contribution is -0.161. The zero-order valence-corrected chi connectivity index (χ0v) is 19.9. The van der Waals surface area contributed by atoms with Crippen molar-refractivity contribution in [1.29, 1.82) is 0 Å². The van der Waals surface area contributed by atoms with Crippen molar-refractivity contribution in [2.24, 2.45) is 23.2 Å². The lowest BCUT2D eigenvalue weighted by Gasteiger charge is -2.55. The predicted molar refractivity (Wildman–Crippen MR) is 124 cm³/mol. The third kappa shape index (κ3) is 3.75. The van der Waals surface area contributed by atoms with Gasteiger partial charge in [0.2, 0.25) is 0 Å². The van der Waals surface area contributed by atoms with E-state index >= 15 is 0 Å². The molecule has 6 rings (SSSR count). The molecule has 4 saturated carbocycles. The number of thiocarbonyl (C=S) groups is 1. The van der Waals surface area contributed by atoms with Gasteiger partial charge in [-0.3, -0.25) is 25.0 Å². The largest absolute Gasteiger partial charge is 0.493 e. The number of rotatable bonds is 4. The number of carbonyl (C=O) groups excluding carboxylic acids is 3. The molecule has 7 nitrogen and oxygen atoms in total. The van der Waals surface area contributed by atoms with Gasteiger partial charge in [0.1, 0.15) is 5.57 Å². The average molecular weight is 519 g/mol. The van der Waals surface area contributed by atoms with Crippen molar-refractivity contribution in [1.82, 2.24) is 10.6 Å². The van der Waals surface area contributed by atoms with Crippen LogP contribution in [-0.4, -0.2) is 30.0 Å². The lowest BCUT2D eigenvalue weighted by atomic mass is 9.49. The second-order valence-electron chi connectivity index (χ2n) is 9.42. The Morgan fingerprint density at radius 2 is 1.66 bits per heavy atom. The molecule has 1 saturated heterocycles. The summed E-state index contributed by atoms with van der Waals surface area (Å²) in [6.45, 7) is 0. The highest BCUT2D eigenvalue weighted by molar-refractivity contribution is 9.10. The number of nitrogens with one attached hydrogen (secondary N) is 2. The zero-order chi connectivity index (χ0) is 22.6. The maximum absolute atomic E-state index is 13.4. The van der Waals surface area contributed by atoms with Crippen LogP contribution in [0.2, 0.25) is 0 Å². The van der Waals surface area contributed by atoms with E-state index in [4.69, 9.17) is 21.7 Å². The van der Waals surface area contributed by atoms with Crippen LogP contribution in [0.1, 0.15) is 44.1 Å². The quantitative estimate of drug-likeness (QED) is 0.208. The molecule has 1 aliphatic heterocycles. The molecule has 168 valence electrons. The van der Waals surface area contributed by atoms with Crippen LogP contribution in [0, 0.1) is 23.2 Å². The van der Waals surface area contributed by atoms with E-state index in [1.807, 2.05) is 0 Å². The molecular formula is C23H23BrN2O5S. The van der Waals surface area contributed by atoms with Crippen molar-refractivity contribution in [2.45, 2.75) is 38.5 Å².